The molecule has 0 saturated heterocycles. The van der Waals surface area contributed by atoms with Crippen molar-refractivity contribution in [3.05, 3.63) is 35.9 Å². The molecule has 0 spiro atoms. The summed E-state index contributed by atoms with van der Waals surface area (Å²) in [4.78, 5) is 0. The maximum atomic E-state index is 2.75. The van der Waals surface area contributed by atoms with Crippen LogP contribution in [0, 0.1) is 6.92 Å². The Kier molecular flexibility index (Phi) is 10.7. The number of hydrogen-bond donors (Lipinski definition) is 1. The third-order valence-electron chi connectivity index (χ3n) is 0.940. The summed E-state index contributed by atoms with van der Waals surface area (Å²) in [6.07, 6.45) is 0. The molecule has 1 aromatic rings. The van der Waals surface area contributed by atoms with Crippen molar-refractivity contribution in [3.8, 4) is 0 Å². The monoisotopic (exact) mass is 153 g/mol. The second kappa shape index (κ2) is 9.18. The van der Waals surface area contributed by atoms with Crippen LogP contribution in [0.25, 0.3) is 0 Å². The van der Waals surface area contributed by atoms with Crippen molar-refractivity contribution in [2.24, 2.45) is 0 Å². The molecule has 0 fully saturated rings. The van der Waals surface area contributed by atoms with E-state index in [-0.39, 0.29) is 7.43 Å². The van der Waals surface area contributed by atoms with Crippen LogP contribution < -0.4 is 5.32 Å². The molecule has 0 atom stereocenters. The molecule has 0 bridgehead atoms. The Morgan fingerprint density at radius 2 is 1.36 bits per heavy atom. The van der Waals surface area contributed by atoms with E-state index in [0.29, 0.717) is 0 Å². The van der Waals surface area contributed by atoms with E-state index in [2.05, 4.69) is 24.4 Å². The Balaban J connectivity index is 0. The van der Waals surface area contributed by atoms with Gasteiger partial charge in [0.25, 0.3) is 0 Å². The molecule has 0 aliphatic rings. The van der Waals surface area contributed by atoms with Crippen LogP contribution in [0.15, 0.2) is 30.3 Å². The fourth-order valence-corrected chi connectivity index (χ4v) is 0.534. The predicted molar refractivity (Wildman–Crippen MR) is 52.9 cm³/mol. The van der Waals surface area contributed by atoms with Gasteiger partial charge in [-0.3, -0.25) is 0 Å². The molecule has 0 saturated carbocycles. The zero-order valence-corrected chi connectivity index (χ0v) is 6.89. The zero-order chi connectivity index (χ0) is 7.82. The van der Waals surface area contributed by atoms with Crippen LogP contribution in [0.5, 0.6) is 0 Å². The average Bonchev–Trinajstić information content (AvgIpc) is 1.91. The summed E-state index contributed by atoms with van der Waals surface area (Å²) in [6.45, 7) is 2.08. The lowest BCUT2D eigenvalue weighted by molar-refractivity contribution is 1.02. The third-order valence-corrected chi connectivity index (χ3v) is 0.940. The Bertz CT molecular complexity index is 146. The maximum Gasteiger partial charge on any atom is -0.0167 e. The van der Waals surface area contributed by atoms with Gasteiger partial charge >= 0.3 is 0 Å². The molecule has 0 aromatic heterocycles. The van der Waals surface area contributed by atoms with Crippen molar-refractivity contribution in [1.82, 2.24) is 5.32 Å². The van der Waals surface area contributed by atoms with E-state index in [4.69, 9.17) is 0 Å². The van der Waals surface area contributed by atoms with Gasteiger partial charge in [0.15, 0.2) is 0 Å². The SMILES string of the molecule is C.CNC.Cc1ccccc1. The molecule has 0 unspecified atom stereocenters. The van der Waals surface area contributed by atoms with E-state index in [1.807, 2.05) is 32.3 Å². The molecule has 1 rings (SSSR count). The molecule has 64 valence electrons. The highest BCUT2D eigenvalue weighted by Crippen LogP contribution is 1.92. The summed E-state index contributed by atoms with van der Waals surface area (Å²) in [5.74, 6) is 0. The zero-order valence-electron chi connectivity index (χ0n) is 6.89. The van der Waals surface area contributed by atoms with Crippen molar-refractivity contribution in [3.63, 3.8) is 0 Å². The largest absolute Gasteiger partial charge is 0.323 e. The van der Waals surface area contributed by atoms with Gasteiger partial charge in [-0.25, -0.2) is 0 Å². The Hall–Kier alpha value is -0.820. The second-order valence-electron chi connectivity index (χ2n) is 2.15. The molecule has 0 heterocycles. The molecule has 0 radical (unpaired) electrons. The van der Waals surface area contributed by atoms with Crippen molar-refractivity contribution in [2.45, 2.75) is 14.4 Å². The van der Waals surface area contributed by atoms with Crippen LogP contribution >= 0.6 is 0 Å². The first-order valence-electron chi connectivity index (χ1n) is 3.41. The highest BCUT2D eigenvalue weighted by Gasteiger charge is 1.72. The minimum Gasteiger partial charge on any atom is -0.323 e. The van der Waals surface area contributed by atoms with Crippen molar-refractivity contribution >= 4 is 0 Å². The molecule has 1 N–H and O–H groups in total. The van der Waals surface area contributed by atoms with Crippen LogP contribution in [0.1, 0.15) is 13.0 Å². The predicted octanol–water partition coefficient (Wildman–Crippen LogP) is 2.47. The fourth-order valence-electron chi connectivity index (χ4n) is 0.534. The highest BCUT2D eigenvalue weighted by molar-refractivity contribution is 5.11. The first-order valence-corrected chi connectivity index (χ1v) is 3.41. The van der Waals surface area contributed by atoms with Crippen molar-refractivity contribution in [1.29, 1.82) is 0 Å². The molecule has 11 heavy (non-hydrogen) atoms. The molecular weight excluding hydrogens is 134 g/mol. The van der Waals surface area contributed by atoms with Gasteiger partial charge < -0.3 is 5.32 Å². The topological polar surface area (TPSA) is 12.0 Å². The quantitative estimate of drug-likeness (QED) is 0.603. The Labute approximate surface area is 70.5 Å². The molecule has 1 aromatic carbocycles. The lowest BCUT2D eigenvalue weighted by Gasteiger charge is -1.82. The van der Waals surface area contributed by atoms with Gasteiger partial charge in [0, 0.05) is 0 Å². The average molecular weight is 153 g/mol. The van der Waals surface area contributed by atoms with Gasteiger partial charge in [-0.1, -0.05) is 43.3 Å². The first-order chi connectivity index (χ1) is 4.81. The Morgan fingerprint density at radius 1 is 1.00 bits per heavy atom. The van der Waals surface area contributed by atoms with Crippen LogP contribution in [0.3, 0.4) is 0 Å². The van der Waals surface area contributed by atoms with E-state index >= 15 is 0 Å². The number of rotatable bonds is 0. The summed E-state index contributed by atoms with van der Waals surface area (Å²) in [5, 5.41) is 2.75. The first kappa shape index (κ1) is 12.8. The summed E-state index contributed by atoms with van der Waals surface area (Å²) >= 11 is 0. The van der Waals surface area contributed by atoms with Gasteiger partial charge in [-0.2, -0.15) is 0 Å². The lowest BCUT2D eigenvalue weighted by Crippen LogP contribution is -1.89. The van der Waals surface area contributed by atoms with Crippen molar-refractivity contribution < 1.29 is 0 Å². The minimum absolute atomic E-state index is 0. The van der Waals surface area contributed by atoms with E-state index in [1.165, 1.54) is 5.56 Å². The van der Waals surface area contributed by atoms with E-state index in [1.54, 1.807) is 0 Å². The van der Waals surface area contributed by atoms with Crippen LogP contribution in [0.4, 0.5) is 0 Å². The van der Waals surface area contributed by atoms with Gasteiger partial charge in [0.1, 0.15) is 0 Å². The van der Waals surface area contributed by atoms with E-state index in [9.17, 15) is 0 Å². The smallest absolute Gasteiger partial charge is 0.0167 e. The minimum atomic E-state index is 0. The van der Waals surface area contributed by atoms with Crippen LogP contribution in [-0.4, -0.2) is 14.1 Å². The van der Waals surface area contributed by atoms with Gasteiger partial charge in [0.2, 0.25) is 0 Å². The number of nitrogens with one attached hydrogen (secondary N) is 1. The van der Waals surface area contributed by atoms with Crippen LogP contribution in [-0.2, 0) is 0 Å². The number of benzene rings is 1. The third kappa shape index (κ3) is 9.18. The maximum absolute atomic E-state index is 2.75. The molecule has 1 nitrogen and oxygen atoms in total. The summed E-state index contributed by atoms with van der Waals surface area (Å²) in [7, 11) is 3.75. The van der Waals surface area contributed by atoms with Gasteiger partial charge in [-0.05, 0) is 21.0 Å². The van der Waals surface area contributed by atoms with E-state index in [0.717, 1.165) is 0 Å². The number of hydrogen-bond acceptors (Lipinski definition) is 1. The summed E-state index contributed by atoms with van der Waals surface area (Å²) in [6, 6.07) is 10.3. The molecule has 1 heteroatoms. The molecule has 0 aliphatic heterocycles. The molecular formula is C10H19N. The van der Waals surface area contributed by atoms with E-state index < -0.39 is 0 Å². The summed E-state index contributed by atoms with van der Waals surface area (Å²) < 4.78 is 0. The lowest BCUT2D eigenvalue weighted by atomic mass is 10.2. The summed E-state index contributed by atoms with van der Waals surface area (Å²) in [5.41, 5.74) is 1.32. The Morgan fingerprint density at radius 3 is 1.55 bits per heavy atom. The second-order valence-corrected chi connectivity index (χ2v) is 2.15. The van der Waals surface area contributed by atoms with Crippen LogP contribution in [0.2, 0.25) is 0 Å². The van der Waals surface area contributed by atoms with Crippen molar-refractivity contribution in [2.75, 3.05) is 14.1 Å². The standard InChI is InChI=1S/C7H8.C2H7N.CH4/c1-7-5-3-2-4-6-7;1-3-2;/h2-6H,1H3;3H,1-2H3;1H4. The van der Waals surface area contributed by atoms with Gasteiger partial charge in [0.05, 0.1) is 0 Å². The highest BCUT2D eigenvalue weighted by atomic mass is 14.7. The molecule has 0 amide bonds. The van der Waals surface area contributed by atoms with Gasteiger partial charge in [-0.15, -0.1) is 0 Å². The molecule has 0 aliphatic carbocycles. The fraction of sp³-hybridized carbons (Fsp3) is 0.400. The number of aryl methyl sites for hydroxylation is 1. The normalized spacial score (nSPS) is 7.18.